The van der Waals surface area contributed by atoms with Gasteiger partial charge in [0, 0.05) is 24.7 Å². The highest BCUT2D eigenvalue weighted by molar-refractivity contribution is 7.98. The number of amides is 2. The van der Waals surface area contributed by atoms with Crippen molar-refractivity contribution in [3.05, 3.63) is 16.1 Å². The van der Waals surface area contributed by atoms with Crippen molar-refractivity contribution in [2.24, 2.45) is 0 Å². The molecular weight excluding hydrogens is 286 g/mol. The molecule has 0 aliphatic rings. The Bertz CT molecular complexity index is 450. The first-order valence-corrected chi connectivity index (χ1v) is 7.92. The van der Waals surface area contributed by atoms with E-state index in [0.29, 0.717) is 11.6 Å². The second-order valence-corrected chi connectivity index (χ2v) is 5.84. The van der Waals surface area contributed by atoms with Crippen molar-refractivity contribution in [3.63, 3.8) is 0 Å². The van der Waals surface area contributed by atoms with Crippen molar-refractivity contribution < 1.29 is 14.7 Å². The summed E-state index contributed by atoms with van der Waals surface area (Å²) < 4.78 is 0. The smallest absolute Gasteiger partial charge is 0.355 e. The van der Waals surface area contributed by atoms with Gasteiger partial charge in [0.1, 0.15) is 5.01 Å². The minimum atomic E-state index is -1.06. The molecule has 0 saturated heterocycles. The molecule has 106 valence electrons. The molecule has 19 heavy (non-hydrogen) atoms. The summed E-state index contributed by atoms with van der Waals surface area (Å²) in [7, 11) is 1.73. The number of aromatic nitrogens is 1. The zero-order valence-electron chi connectivity index (χ0n) is 11.0. The number of carbonyl (C=O) groups is 2. The van der Waals surface area contributed by atoms with Crippen LogP contribution in [0, 0.1) is 0 Å². The Morgan fingerprint density at radius 1 is 1.63 bits per heavy atom. The third-order valence-corrected chi connectivity index (χ3v) is 4.05. The third-order valence-electron chi connectivity index (χ3n) is 2.43. The van der Waals surface area contributed by atoms with Gasteiger partial charge in [0.2, 0.25) is 0 Å². The lowest BCUT2D eigenvalue weighted by atomic mass is 10.3. The van der Waals surface area contributed by atoms with E-state index in [1.165, 1.54) is 16.7 Å². The molecule has 6 nitrogen and oxygen atoms in total. The van der Waals surface area contributed by atoms with Crippen LogP contribution in [0.1, 0.15) is 28.5 Å². The summed E-state index contributed by atoms with van der Waals surface area (Å²) in [6.45, 7) is 2.45. The molecule has 0 bridgehead atoms. The lowest BCUT2D eigenvalue weighted by Gasteiger charge is -2.20. The Hall–Kier alpha value is -1.28. The van der Waals surface area contributed by atoms with Crippen LogP contribution in [0.25, 0.3) is 0 Å². The summed E-state index contributed by atoms with van der Waals surface area (Å²) in [5.74, 6) is -0.184. The Morgan fingerprint density at radius 3 is 2.84 bits per heavy atom. The molecule has 2 amide bonds. The Balaban J connectivity index is 2.55. The monoisotopic (exact) mass is 303 g/mol. The summed E-state index contributed by atoms with van der Waals surface area (Å²) in [4.78, 5) is 28.1. The van der Waals surface area contributed by atoms with E-state index >= 15 is 0 Å². The van der Waals surface area contributed by atoms with Crippen LogP contribution < -0.4 is 5.32 Å². The van der Waals surface area contributed by atoms with Gasteiger partial charge in [-0.1, -0.05) is 0 Å². The van der Waals surface area contributed by atoms with E-state index in [-0.39, 0.29) is 17.8 Å². The maximum Gasteiger partial charge on any atom is 0.355 e. The van der Waals surface area contributed by atoms with Crippen molar-refractivity contribution in [3.8, 4) is 0 Å². The number of nitrogens with zero attached hydrogens (tertiary/aromatic N) is 2. The van der Waals surface area contributed by atoms with Crippen LogP contribution in [-0.4, -0.2) is 52.6 Å². The van der Waals surface area contributed by atoms with Gasteiger partial charge >= 0.3 is 12.0 Å². The lowest BCUT2D eigenvalue weighted by molar-refractivity contribution is 0.0691. The summed E-state index contributed by atoms with van der Waals surface area (Å²) in [6, 6.07) is -0.490. The summed E-state index contributed by atoms with van der Waals surface area (Å²) >= 11 is 2.90. The van der Waals surface area contributed by atoms with Crippen molar-refractivity contribution in [1.82, 2.24) is 15.2 Å². The zero-order valence-corrected chi connectivity index (χ0v) is 12.7. The van der Waals surface area contributed by atoms with Crippen LogP contribution in [0.4, 0.5) is 4.79 Å². The van der Waals surface area contributed by atoms with Crippen LogP contribution >= 0.6 is 23.1 Å². The predicted octanol–water partition coefficient (Wildman–Crippen LogP) is 1.91. The molecule has 1 rings (SSSR count). The predicted molar refractivity (Wildman–Crippen MR) is 77.0 cm³/mol. The molecule has 2 N–H and O–H groups in total. The fourth-order valence-corrected chi connectivity index (χ4v) is 2.53. The zero-order chi connectivity index (χ0) is 14.4. The molecule has 0 aliphatic carbocycles. The summed E-state index contributed by atoms with van der Waals surface area (Å²) in [6.07, 6.45) is 1.98. The van der Waals surface area contributed by atoms with Gasteiger partial charge in [-0.05, 0) is 13.2 Å². The quantitative estimate of drug-likeness (QED) is 0.839. The number of carbonyl (C=O) groups excluding carboxylic acids is 1. The van der Waals surface area contributed by atoms with Crippen LogP contribution in [-0.2, 0) is 0 Å². The van der Waals surface area contributed by atoms with Crippen LogP contribution in [0.5, 0.6) is 0 Å². The van der Waals surface area contributed by atoms with E-state index in [2.05, 4.69) is 10.3 Å². The molecule has 0 radical (unpaired) electrons. The number of nitrogens with one attached hydrogen (secondary N) is 1. The number of urea groups is 1. The highest BCUT2D eigenvalue weighted by Gasteiger charge is 2.17. The maximum atomic E-state index is 11.8. The van der Waals surface area contributed by atoms with Gasteiger partial charge in [-0.2, -0.15) is 11.8 Å². The Morgan fingerprint density at radius 2 is 2.32 bits per heavy atom. The molecule has 0 saturated carbocycles. The van der Waals surface area contributed by atoms with E-state index in [9.17, 15) is 9.59 Å². The summed E-state index contributed by atoms with van der Waals surface area (Å²) in [5, 5.41) is 13.6. The van der Waals surface area contributed by atoms with Crippen molar-refractivity contribution in [2.75, 3.05) is 25.6 Å². The van der Waals surface area contributed by atoms with Gasteiger partial charge in [-0.25, -0.2) is 14.6 Å². The normalized spacial score (nSPS) is 11.9. The number of hydrogen-bond donors (Lipinski definition) is 2. The molecule has 1 aromatic rings. The van der Waals surface area contributed by atoms with Gasteiger partial charge in [0.25, 0.3) is 0 Å². The number of carboxylic acid groups (broad SMARTS) is 1. The first kappa shape index (κ1) is 15.8. The Labute approximate surface area is 120 Å². The molecule has 1 atom stereocenters. The summed E-state index contributed by atoms with van der Waals surface area (Å²) in [5.41, 5.74) is 0.0110. The van der Waals surface area contributed by atoms with Crippen LogP contribution in [0.15, 0.2) is 5.38 Å². The number of rotatable bonds is 6. The molecule has 8 heteroatoms. The number of thioether (sulfide) groups is 1. The number of carboxylic acids is 1. The molecule has 0 spiro atoms. The average Bonchev–Trinajstić information content (AvgIpc) is 2.85. The second kappa shape index (κ2) is 7.34. The lowest BCUT2D eigenvalue weighted by Crippen LogP contribution is -2.39. The highest BCUT2D eigenvalue weighted by Crippen LogP contribution is 2.18. The van der Waals surface area contributed by atoms with Gasteiger partial charge in [-0.3, -0.25) is 0 Å². The van der Waals surface area contributed by atoms with E-state index in [4.69, 9.17) is 5.11 Å². The van der Waals surface area contributed by atoms with Crippen molar-refractivity contribution in [2.45, 2.75) is 13.0 Å². The highest BCUT2D eigenvalue weighted by atomic mass is 32.2. The van der Waals surface area contributed by atoms with Crippen LogP contribution in [0.2, 0.25) is 0 Å². The van der Waals surface area contributed by atoms with Crippen LogP contribution in [0.3, 0.4) is 0 Å². The molecule has 0 aromatic carbocycles. The number of aromatic carboxylic acids is 1. The number of hydrogen-bond acceptors (Lipinski definition) is 5. The molecule has 1 heterocycles. The molecule has 1 unspecified atom stereocenters. The largest absolute Gasteiger partial charge is 0.476 e. The molecule has 0 aliphatic heterocycles. The molecule has 0 fully saturated rings. The minimum Gasteiger partial charge on any atom is -0.476 e. The molecular formula is C11H17N3O3S2. The third kappa shape index (κ3) is 4.71. The van der Waals surface area contributed by atoms with Gasteiger partial charge < -0.3 is 15.3 Å². The topological polar surface area (TPSA) is 82.5 Å². The van der Waals surface area contributed by atoms with E-state index in [0.717, 1.165) is 5.75 Å². The maximum absolute atomic E-state index is 11.8. The van der Waals surface area contributed by atoms with E-state index in [1.54, 1.807) is 30.6 Å². The molecule has 1 aromatic heterocycles. The first-order chi connectivity index (χ1) is 8.95. The standard InChI is InChI=1S/C11H17N3O3S2/c1-7(9-13-8(6-19-9)10(15)16)12-11(17)14(2)4-5-18-3/h6-7H,4-5H2,1-3H3,(H,12,17)(H,15,16). The fraction of sp³-hybridized carbons (Fsp3) is 0.545. The number of thiazole rings is 1. The fourth-order valence-electron chi connectivity index (χ4n) is 1.27. The Kier molecular flexibility index (Phi) is 6.10. The average molecular weight is 303 g/mol. The van der Waals surface area contributed by atoms with Gasteiger partial charge in [0.15, 0.2) is 5.69 Å². The second-order valence-electron chi connectivity index (χ2n) is 3.96. The minimum absolute atomic E-state index is 0.0110. The first-order valence-electron chi connectivity index (χ1n) is 5.65. The van der Waals surface area contributed by atoms with Gasteiger partial charge in [-0.15, -0.1) is 11.3 Å². The van der Waals surface area contributed by atoms with E-state index < -0.39 is 5.97 Å². The van der Waals surface area contributed by atoms with E-state index in [1.807, 2.05) is 6.26 Å². The van der Waals surface area contributed by atoms with Crippen molar-refractivity contribution >= 4 is 35.1 Å². The van der Waals surface area contributed by atoms with Crippen molar-refractivity contribution in [1.29, 1.82) is 0 Å². The SMILES string of the molecule is CSCCN(C)C(=O)NC(C)c1nc(C(=O)O)cs1. The van der Waals surface area contributed by atoms with Gasteiger partial charge in [0.05, 0.1) is 6.04 Å².